The Kier molecular flexibility index (Phi) is 4.39. The molecule has 1 heterocycles. The van der Waals surface area contributed by atoms with Gasteiger partial charge < -0.3 is 9.52 Å². The molecule has 0 bridgehead atoms. The highest BCUT2D eigenvalue weighted by molar-refractivity contribution is 7.89. The monoisotopic (exact) mass is 323 g/mol. The minimum atomic E-state index is -3.80. The van der Waals surface area contributed by atoms with Crippen LogP contribution in [0.3, 0.4) is 0 Å². The fourth-order valence-electron chi connectivity index (χ4n) is 2.17. The number of carbonyl (C=O) groups is 1. The largest absolute Gasteiger partial charge is 0.478 e. The van der Waals surface area contributed by atoms with Gasteiger partial charge in [0.15, 0.2) is 0 Å². The van der Waals surface area contributed by atoms with E-state index in [1.54, 1.807) is 19.1 Å². The second-order valence-electron chi connectivity index (χ2n) is 5.01. The van der Waals surface area contributed by atoms with Gasteiger partial charge in [-0.05, 0) is 43.7 Å². The van der Waals surface area contributed by atoms with Gasteiger partial charge in [0.05, 0.1) is 17.0 Å². The van der Waals surface area contributed by atoms with Crippen LogP contribution in [0.25, 0.3) is 0 Å². The van der Waals surface area contributed by atoms with Crippen LogP contribution in [0.1, 0.15) is 27.4 Å². The molecule has 0 unspecified atom stereocenters. The zero-order valence-electron chi connectivity index (χ0n) is 12.5. The Morgan fingerprint density at radius 2 is 1.91 bits per heavy atom. The van der Waals surface area contributed by atoms with E-state index in [9.17, 15) is 13.2 Å². The first-order valence-electron chi connectivity index (χ1n) is 6.58. The smallest absolute Gasteiger partial charge is 0.335 e. The Bertz CT molecular complexity index is 807. The van der Waals surface area contributed by atoms with Crippen molar-refractivity contribution >= 4 is 16.0 Å². The van der Waals surface area contributed by atoms with Gasteiger partial charge in [0, 0.05) is 7.05 Å². The fraction of sp³-hybridized carbons (Fsp3) is 0.267. The normalized spacial score (nSPS) is 11.8. The van der Waals surface area contributed by atoms with Crippen LogP contribution in [0.15, 0.2) is 39.6 Å². The van der Waals surface area contributed by atoms with Gasteiger partial charge in [-0.3, -0.25) is 0 Å². The van der Waals surface area contributed by atoms with Crippen molar-refractivity contribution in [3.8, 4) is 0 Å². The Hall–Kier alpha value is -2.12. The number of furan rings is 1. The third-order valence-corrected chi connectivity index (χ3v) is 5.33. The molecule has 118 valence electrons. The molecule has 2 aromatic rings. The maximum absolute atomic E-state index is 12.6. The van der Waals surface area contributed by atoms with E-state index in [0.717, 1.165) is 4.31 Å². The highest BCUT2D eigenvalue weighted by Crippen LogP contribution is 2.23. The maximum atomic E-state index is 12.6. The van der Waals surface area contributed by atoms with Crippen LogP contribution < -0.4 is 0 Å². The minimum Gasteiger partial charge on any atom is -0.478 e. The van der Waals surface area contributed by atoms with E-state index in [-0.39, 0.29) is 22.6 Å². The molecule has 0 fully saturated rings. The van der Waals surface area contributed by atoms with Crippen LogP contribution >= 0.6 is 0 Å². The average Bonchev–Trinajstić information content (AvgIpc) is 2.83. The molecule has 0 saturated carbocycles. The topological polar surface area (TPSA) is 87.8 Å². The maximum Gasteiger partial charge on any atom is 0.335 e. The number of sulfonamides is 1. The van der Waals surface area contributed by atoms with E-state index in [2.05, 4.69) is 0 Å². The van der Waals surface area contributed by atoms with Crippen molar-refractivity contribution in [3.63, 3.8) is 0 Å². The molecule has 1 aromatic carbocycles. The average molecular weight is 323 g/mol. The first-order valence-corrected chi connectivity index (χ1v) is 8.02. The van der Waals surface area contributed by atoms with Crippen molar-refractivity contribution in [2.24, 2.45) is 0 Å². The number of nitrogens with zero attached hydrogens (tertiary/aromatic N) is 1. The first kappa shape index (κ1) is 16.3. The summed E-state index contributed by atoms with van der Waals surface area (Å²) in [6.07, 6.45) is 0. The van der Waals surface area contributed by atoms with Gasteiger partial charge in [-0.15, -0.1) is 0 Å². The number of hydrogen-bond acceptors (Lipinski definition) is 4. The van der Waals surface area contributed by atoms with Gasteiger partial charge in [0.25, 0.3) is 0 Å². The highest BCUT2D eigenvalue weighted by Gasteiger charge is 2.25. The number of hydrogen-bond donors (Lipinski definition) is 1. The lowest BCUT2D eigenvalue weighted by Gasteiger charge is -2.18. The van der Waals surface area contributed by atoms with Crippen LogP contribution in [0.2, 0.25) is 0 Å². The molecule has 2 rings (SSSR count). The SMILES string of the molecule is Cc1ccc(CN(C)S(=O)(=O)c2cccc(C(=O)O)c2C)o1. The highest BCUT2D eigenvalue weighted by atomic mass is 32.2. The molecule has 0 spiro atoms. The molecule has 6 nitrogen and oxygen atoms in total. The zero-order chi connectivity index (χ0) is 16.5. The van der Waals surface area contributed by atoms with E-state index in [1.165, 1.54) is 32.2 Å². The molecule has 0 radical (unpaired) electrons. The van der Waals surface area contributed by atoms with Crippen LogP contribution in [-0.2, 0) is 16.6 Å². The summed E-state index contributed by atoms with van der Waals surface area (Å²) in [5.41, 5.74) is 0.195. The third kappa shape index (κ3) is 3.05. The molecule has 0 amide bonds. The van der Waals surface area contributed by atoms with Gasteiger partial charge in [-0.2, -0.15) is 4.31 Å². The van der Waals surface area contributed by atoms with Gasteiger partial charge in [0.1, 0.15) is 11.5 Å². The molecule has 0 aliphatic rings. The molecule has 22 heavy (non-hydrogen) atoms. The van der Waals surface area contributed by atoms with E-state index in [4.69, 9.17) is 9.52 Å². The number of carboxylic acids is 1. The summed E-state index contributed by atoms with van der Waals surface area (Å²) in [5.74, 6) is 0.0688. The Morgan fingerprint density at radius 1 is 1.23 bits per heavy atom. The van der Waals surface area contributed by atoms with E-state index >= 15 is 0 Å². The van der Waals surface area contributed by atoms with Gasteiger partial charge >= 0.3 is 5.97 Å². The molecular weight excluding hydrogens is 306 g/mol. The van der Waals surface area contributed by atoms with Crippen molar-refractivity contribution in [2.45, 2.75) is 25.3 Å². The summed E-state index contributed by atoms with van der Waals surface area (Å²) in [4.78, 5) is 11.1. The van der Waals surface area contributed by atoms with Crippen LogP contribution in [-0.4, -0.2) is 30.8 Å². The Balaban J connectivity index is 2.38. The lowest BCUT2D eigenvalue weighted by molar-refractivity contribution is 0.0695. The van der Waals surface area contributed by atoms with E-state index < -0.39 is 16.0 Å². The summed E-state index contributed by atoms with van der Waals surface area (Å²) < 4.78 is 31.8. The van der Waals surface area contributed by atoms with Crippen molar-refractivity contribution < 1.29 is 22.7 Å². The quantitative estimate of drug-likeness (QED) is 0.913. The summed E-state index contributed by atoms with van der Waals surface area (Å²) >= 11 is 0. The number of carboxylic acid groups (broad SMARTS) is 1. The van der Waals surface area contributed by atoms with Crippen LogP contribution in [0, 0.1) is 13.8 Å². The summed E-state index contributed by atoms with van der Waals surface area (Å²) in [6, 6.07) is 7.68. The molecule has 0 aliphatic carbocycles. The second-order valence-corrected chi connectivity index (χ2v) is 7.02. The minimum absolute atomic E-state index is 0.0156. The van der Waals surface area contributed by atoms with Crippen molar-refractivity contribution in [2.75, 3.05) is 7.05 Å². The van der Waals surface area contributed by atoms with Gasteiger partial charge in [-0.1, -0.05) is 6.07 Å². The predicted molar refractivity (Wildman–Crippen MR) is 80.2 cm³/mol. The number of rotatable bonds is 5. The second kappa shape index (κ2) is 5.94. The summed E-state index contributed by atoms with van der Waals surface area (Å²) in [5, 5.41) is 9.11. The predicted octanol–water partition coefficient (Wildman–Crippen LogP) is 2.42. The van der Waals surface area contributed by atoms with Crippen molar-refractivity contribution in [1.29, 1.82) is 0 Å². The Labute approximate surface area is 129 Å². The standard InChI is InChI=1S/C15H17NO5S/c1-10-7-8-12(21-10)9-16(3)22(19,20)14-6-4-5-13(11(14)2)15(17)18/h4-8H,9H2,1-3H3,(H,17,18). The summed E-state index contributed by atoms with van der Waals surface area (Å²) in [6.45, 7) is 3.34. The molecule has 7 heteroatoms. The van der Waals surface area contributed by atoms with Crippen molar-refractivity contribution in [3.05, 3.63) is 53.0 Å². The molecule has 0 aliphatic heterocycles. The molecule has 1 aromatic heterocycles. The lowest BCUT2D eigenvalue weighted by atomic mass is 10.1. The van der Waals surface area contributed by atoms with Gasteiger partial charge in [-0.25, -0.2) is 13.2 Å². The van der Waals surface area contributed by atoms with Crippen molar-refractivity contribution in [1.82, 2.24) is 4.31 Å². The number of benzene rings is 1. The van der Waals surface area contributed by atoms with E-state index in [0.29, 0.717) is 11.5 Å². The van der Waals surface area contributed by atoms with Gasteiger partial charge in [0.2, 0.25) is 10.0 Å². The summed E-state index contributed by atoms with van der Waals surface area (Å²) in [7, 11) is -2.37. The Morgan fingerprint density at radius 3 is 2.45 bits per heavy atom. The zero-order valence-corrected chi connectivity index (χ0v) is 13.3. The van der Waals surface area contributed by atoms with Crippen LogP contribution in [0.5, 0.6) is 0 Å². The first-order chi connectivity index (χ1) is 10.2. The lowest BCUT2D eigenvalue weighted by Crippen LogP contribution is -2.27. The number of aromatic carboxylic acids is 1. The number of aryl methyl sites for hydroxylation is 1. The van der Waals surface area contributed by atoms with E-state index in [1.807, 2.05) is 0 Å². The molecular formula is C15H17NO5S. The molecule has 0 atom stereocenters. The fourth-order valence-corrected chi connectivity index (χ4v) is 3.55. The molecule has 1 N–H and O–H groups in total. The third-order valence-electron chi connectivity index (χ3n) is 3.38. The van der Waals surface area contributed by atoms with Crippen LogP contribution in [0.4, 0.5) is 0 Å². The molecule has 0 saturated heterocycles.